The topological polar surface area (TPSA) is 62.7 Å². The normalized spacial score (nSPS) is 23.3. The first kappa shape index (κ1) is 20.8. The van der Waals surface area contributed by atoms with Crippen LogP contribution < -0.4 is 4.74 Å². The van der Waals surface area contributed by atoms with Gasteiger partial charge in [-0.1, -0.05) is 18.5 Å². The van der Waals surface area contributed by atoms with Gasteiger partial charge >= 0.3 is 0 Å². The molecule has 1 N–H and O–H groups in total. The number of hydrogen-bond acceptors (Lipinski definition) is 4. The lowest BCUT2D eigenvalue weighted by Gasteiger charge is -2.28. The molecule has 6 heteroatoms. The molecule has 3 unspecified atom stereocenters. The molecule has 3 atom stereocenters. The van der Waals surface area contributed by atoms with Gasteiger partial charge in [0.25, 0.3) is 5.91 Å². The maximum atomic E-state index is 13.1. The Morgan fingerprint density at radius 3 is 2.81 bits per heavy atom. The second kappa shape index (κ2) is 8.44. The highest BCUT2D eigenvalue weighted by Gasteiger charge is 2.36. The Hall–Kier alpha value is -2.11. The van der Waals surface area contributed by atoms with Crippen molar-refractivity contribution in [1.29, 1.82) is 0 Å². The van der Waals surface area contributed by atoms with E-state index in [0.717, 1.165) is 73.3 Å². The van der Waals surface area contributed by atoms with E-state index in [2.05, 4.69) is 4.98 Å². The molecule has 0 radical (unpaired) electrons. The molecule has 1 aromatic carbocycles. The van der Waals surface area contributed by atoms with Gasteiger partial charge in [0.1, 0.15) is 5.75 Å². The first-order valence-corrected chi connectivity index (χ1v) is 11.9. The minimum Gasteiger partial charge on any atom is -0.479 e. The summed E-state index contributed by atoms with van der Waals surface area (Å²) in [5.41, 5.74) is 5.19. The number of benzene rings is 1. The number of fused-ring (bicyclic) bond motifs is 2. The van der Waals surface area contributed by atoms with Crippen LogP contribution in [0, 0.1) is 5.92 Å². The van der Waals surface area contributed by atoms with E-state index in [1.807, 2.05) is 36.2 Å². The van der Waals surface area contributed by atoms with Gasteiger partial charge in [-0.3, -0.25) is 9.78 Å². The van der Waals surface area contributed by atoms with Gasteiger partial charge in [0.05, 0.1) is 6.10 Å². The number of carbonyl (C=O) groups excluding carboxylic acids is 1. The fraction of sp³-hybridized carbons (Fsp3) is 0.520. The molecule has 164 valence electrons. The van der Waals surface area contributed by atoms with Crippen LogP contribution in [0.5, 0.6) is 5.75 Å². The summed E-state index contributed by atoms with van der Waals surface area (Å²) in [6.45, 7) is 3.66. The SMILES string of the molecule is CCC(O)C1Cc2nccc(-c3cc(Cl)cc4c3OC(C(=O)N3CCCCC3)C4)c2C1. The number of aliphatic hydroxyl groups is 1. The van der Waals surface area contributed by atoms with Crippen molar-refractivity contribution < 1.29 is 14.6 Å². The van der Waals surface area contributed by atoms with Crippen molar-refractivity contribution in [3.8, 4) is 16.9 Å². The van der Waals surface area contributed by atoms with Crippen LogP contribution in [0.1, 0.15) is 49.4 Å². The Morgan fingerprint density at radius 2 is 2.03 bits per heavy atom. The maximum Gasteiger partial charge on any atom is 0.263 e. The third-order valence-electron chi connectivity index (χ3n) is 7.06. The molecule has 1 aromatic heterocycles. The Bertz CT molecular complexity index is 1000. The summed E-state index contributed by atoms with van der Waals surface area (Å²) < 4.78 is 6.30. The van der Waals surface area contributed by atoms with E-state index < -0.39 is 6.10 Å². The highest BCUT2D eigenvalue weighted by Crippen LogP contribution is 2.45. The third-order valence-corrected chi connectivity index (χ3v) is 7.28. The monoisotopic (exact) mass is 440 g/mol. The van der Waals surface area contributed by atoms with E-state index in [4.69, 9.17) is 16.3 Å². The van der Waals surface area contributed by atoms with E-state index in [1.165, 1.54) is 12.0 Å². The molecule has 0 bridgehead atoms. The molecule has 5 nitrogen and oxygen atoms in total. The van der Waals surface area contributed by atoms with Crippen molar-refractivity contribution in [3.63, 3.8) is 0 Å². The van der Waals surface area contributed by atoms with Crippen molar-refractivity contribution >= 4 is 17.5 Å². The molecule has 2 aromatic rings. The highest BCUT2D eigenvalue weighted by molar-refractivity contribution is 6.31. The average molecular weight is 441 g/mol. The fourth-order valence-corrected chi connectivity index (χ4v) is 5.60. The van der Waals surface area contributed by atoms with Crippen LogP contribution in [-0.4, -0.2) is 46.2 Å². The van der Waals surface area contributed by atoms with Gasteiger partial charge < -0.3 is 14.7 Å². The minimum absolute atomic E-state index is 0.0871. The van der Waals surface area contributed by atoms with Crippen LogP contribution in [0.25, 0.3) is 11.1 Å². The van der Waals surface area contributed by atoms with Crippen molar-refractivity contribution in [2.24, 2.45) is 5.92 Å². The number of carbonyl (C=O) groups is 1. The van der Waals surface area contributed by atoms with E-state index in [9.17, 15) is 9.90 Å². The highest BCUT2D eigenvalue weighted by atomic mass is 35.5. The molecular formula is C25H29ClN2O3. The standard InChI is InChI=1S/C25H29ClN2O3/c1-2-22(29)15-11-19-18(6-7-27-21(19)12-15)20-14-17(26)10-16-13-23(31-24(16)20)25(30)28-8-4-3-5-9-28/h6-7,10,14-15,22-23,29H,2-5,8-9,11-13H2,1H3. The van der Waals surface area contributed by atoms with Gasteiger partial charge in [-0.25, -0.2) is 0 Å². The van der Waals surface area contributed by atoms with Crippen molar-refractivity contribution in [2.45, 2.75) is 64.1 Å². The maximum absolute atomic E-state index is 13.1. The predicted molar refractivity (Wildman–Crippen MR) is 120 cm³/mol. The van der Waals surface area contributed by atoms with Gasteiger partial charge in [0.2, 0.25) is 0 Å². The summed E-state index contributed by atoms with van der Waals surface area (Å²) in [4.78, 5) is 19.6. The van der Waals surface area contributed by atoms with Gasteiger partial charge in [0, 0.05) is 47.6 Å². The summed E-state index contributed by atoms with van der Waals surface area (Å²) in [7, 11) is 0. The zero-order valence-electron chi connectivity index (χ0n) is 17.9. The summed E-state index contributed by atoms with van der Waals surface area (Å²) in [5, 5.41) is 11.0. The predicted octanol–water partition coefficient (Wildman–Crippen LogP) is 4.20. The van der Waals surface area contributed by atoms with Gasteiger partial charge in [-0.15, -0.1) is 0 Å². The number of ether oxygens (including phenoxy) is 1. The number of halogens is 1. The second-order valence-electron chi connectivity index (χ2n) is 9.07. The molecule has 31 heavy (non-hydrogen) atoms. The van der Waals surface area contributed by atoms with Gasteiger partial charge in [-0.2, -0.15) is 0 Å². The van der Waals surface area contributed by atoms with E-state index in [0.29, 0.717) is 11.4 Å². The van der Waals surface area contributed by atoms with Crippen molar-refractivity contribution in [1.82, 2.24) is 9.88 Å². The number of piperidine rings is 1. The number of pyridine rings is 1. The molecule has 0 spiro atoms. The lowest BCUT2D eigenvalue weighted by Crippen LogP contribution is -2.43. The molecule has 3 heterocycles. The zero-order chi connectivity index (χ0) is 21.5. The lowest BCUT2D eigenvalue weighted by molar-refractivity contribution is -0.138. The fourth-order valence-electron chi connectivity index (χ4n) is 5.36. The molecule has 1 amide bonds. The Labute approximate surface area is 188 Å². The van der Waals surface area contributed by atoms with E-state index in [-0.39, 0.29) is 17.9 Å². The molecule has 1 saturated heterocycles. The van der Waals surface area contributed by atoms with Crippen LogP contribution in [-0.2, 0) is 24.1 Å². The molecule has 2 aliphatic heterocycles. The summed E-state index contributed by atoms with van der Waals surface area (Å²) >= 11 is 6.50. The number of aliphatic hydroxyl groups excluding tert-OH is 1. The zero-order valence-corrected chi connectivity index (χ0v) is 18.7. The summed E-state index contributed by atoms with van der Waals surface area (Å²) in [6.07, 6.45) is 7.23. The average Bonchev–Trinajstić information content (AvgIpc) is 3.42. The third kappa shape index (κ3) is 3.83. The van der Waals surface area contributed by atoms with Crippen LogP contribution in [0.15, 0.2) is 24.4 Å². The van der Waals surface area contributed by atoms with Crippen LogP contribution >= 0.6 is 11.6 Å². The van der Waals surface area contributed by atoms with E-state index in [1.54, 1.807) is 0 Å². The van der Waals surface area contributed by atoms with Crippen molar-refractivity contribution in [3.05, 3.63) is 46.2 Å². The van der Waals surface area contributed by atoms with Crippen LogP contribution in [0.3, 0.4) is 0 Å². The quantitative estimate of drug-likeness (QED) is 0.773. The number of aromatic nitrogens is 1. The Kier molecular flexibility index (Phi) is 5.65. The summed E-state index contributed by atoms with van der Waals surface area (Å²) in [5.74, 6) is 1.05. The van der Waals surface area contributed by atoms with E-state index >= 15 is 0 Å². The Balaban J connectivity index is 1.47. The molecule has 1 aliphatic carbocycles. The molecule has 3 aliphatic rings. The smallest absolute Gasteiger partial charge is 0.263 e. The van der Waals surface area contributed by atoms with Crippen molar-refractivity contribution in [2.75, 3.05) is 13.1 Å². The lowest BCUT2D eigenvalue weighted by atomic mass is 9.94. The number of amides is 1. The number of hydrogen-bond donors (Lipinski definition) is 1. The van der Waals surface area contributed by atoms with Crippen LogP contribution in [0.4, 0.5) is 0 Å². The summed E-state index contributed by atoms with van der Waals surface area (Å²) in [6, 6.07) is 5.87. The number of rotatable bonds is 4. The molecule has 1 fully saturated rings. The van der Waals surface area contributed by atoms with Crippen LogP contribution in [0.2, 0.25) is 5.02 Å². The molecule has 0 saturated carbocycles. The number of nitrogens with zero attached hydrogens (tertiary/aromatic N) is 2. The molecule has 5 rings (SSSR count). The first-order valence-electron chi connectivity index (χ1n) is 11.5. The Morgan fingerprint density at radius 1 is 1.23 bits per heavy atom. The minimum atomic E-state index is -0.477. The first-order chi connectivity index (χ1) is 15.0. The second-order valence-corrected chi connectivity index (χ2v) is 9.50. The van der Waals surface area contributed by atoms with Gasteiger partial charge in [-0.05, 0) is 73.8 Å². The molecular weight excluding hydrogens is 412 g/mol. The van der Waals surface area contributed by atoms with Gasteiger partial charge in [0.15, 0.2) is 6.10 Å². The number of likely N-dealkylation sites (tertiary alicyclic amines) is 1. The largest absolute Gasteiger partial charge is 0.479 e.